The number of allylic oxidation sites excluding steroid dienone is 8. The van der Waals surface area contributed by atoms with Gasteiger partial charge in [-0.05, 0) is 70.6 Å². The summed E-state index contributed by atoms with van der Waals surface area (Å²) < 4.78 is 59.0. The van der Waals surface area contributed by atoms with Crippen molar-refractivity contribution in [1.82, 2.24) is 0 Å². The Kier molecular flexibility index (Phi) is 35.3. The lowest BCUT2D eigenvalue weighted by Gasteiger charge is -2.41. The van der Waals surface area contributed by atoms with Gasteiger partial charge in [-0.3, -0.25) is 9.35 Å². The van der Waals surface area contributed by atoms with Crippen molar-refractivity contribution in [2.75, 3.05) is 26.4 Å². The SMILES string of the molecule is CC/C=C\C/C=C\C/C=C\CCCCCCCCOCC(COC1OC(CO)C(O)C(OS(=O)(=O)O)C1O)OC(=O)CCCCCCC/C=C\CCCCCCCCC. The molecule has 344 valence electrons. The van der Waals surface area contributed by atoms with Crippen molar-refractivity contribution in [2.45, 2.75) is 211 Å². The molecule has 12 nitrogen and oxygen atoms in total. The monoisotopic (exact) mass is 859 g/mol. The van der Waals surface area contributed by atoms with Gasteiger partial charge in [0.25, 0.3) is 0 Å². The number of rotatable bonds is 39. The first-order valence-electron chi connectivity index (χ1n) is 22.9. The lowest BCUT2D eigenvalue weighted by atomic mass is 9.99. The van der Waals surface area contributed by atoms with E-state index in [1.165, 1.54) is 57.8 Å². The van der Waals surface area contributed by atoms with E-state index in [1.807, 2.05) is 0 Å². The maximum absolute atomic E-state index is 12.8. The summed E-state index contributed by atoms with van der Waals surface area (Å²) in [4.78, 5) is 12.8. The molecule has 1 rings (SSSR count). The van der Waals surface area contributed by atoms with Crippen LogP contribution in [0.1, 0.15) is 174 Å². The summed E-state index contributed by atoms with van der Waals surface area (Å²) in [5.74, 6) is -0.414. The second-order valence-corrected chi connectivity index (χ2v) is 16.7. The van der Waals surface area contributed by atoms with Gasteiger partial charge in [0.15, 0.2) is 6.29 Å². The molecular weight excluding hydrogens is 777 g/mol. The van der Waals surface area contributed by atoms with E-state index in [0.717, 1.165) is 89.9 Å². The fourth-order valence-corrected chi connectivity index (χ4v) is 7.25. The smallest absolute Gasteiger partial charge is 0.397 e. The molecule has 0 aromatic carbocycles. The van der Waals surface area contributed by atoms with E-state index in [-0.39, 0.29) is 19.6 Å². The van der Waals surface area contributed by atoms with Gasteiger partial charge < -0.3 is 34.3 Å². The number of ether oxygens (including phenoxy) is 4. The van der Waals surface area contributed by atoms with Crippen molar-refractivity contribution in [2.24, 2.45) is 0 Å². The van der Waals surface area contributed by atoms with E-state index in [1.54, 1.807) is 0 Å². The van der Waals surface area contributed by atoms with E-state index in [9.17, 15) is 28.5 Å². The Morgan fingerprint density at radius 1 is 0.661 bits per heavy atom. The molecule has 1 fully saturated rings. The number of hydrogen-bond donors (Lipinski definition) is 4. The van der Waals surface area contributed by atoms with Gasteiger partial charge in [0.05, 0.1) is 19.8 Å². The quantitative estimate of drug-likeness (QED) is 0.0199. The van der Waals surface area contributed by atoms with Gasteiger partial charge in [0.2, 0.25) is 0 Å². The molecule has 1 aliphatic rings. The van der Waals surface area contributed by atoms with Crippen molar-refractivity contribution in [1.29, 1.82) is 0 Å². The third-order valence-corrected chi connectivity index (χ3v) is 10.7. The van der Waals surface area contributed by atoms with Gasteiger partial charge in [0.1, 0.15) is 30.5 Å². The van der Waals surface area contributed by atoms with E-state index < -0.39 is 59.8 Å². The minimum Gasteiger partial charge on any atom is -0.457 e. The summed E-state index contributed by atoms with van der Waals surface area (Å²) in [5.41, 5.74) is 0. The summed E-state index contributed by atoms with van der Waals surface area (Å²) in [5, 5.41) is 30.7. The highest BCUT2D eigenvalue weighted by molar-refractivity contribution is 7.80. The van der Waals surface area contributed by atoms with Crippen LogP contribution in [0.15, 0.2) is 48.6 Å². The normalized spacial score (nSPS) is 20.8. The van der Waals surface area contributed by atoms with Gasteiger partial charge in [-0.15, -0.1) is 0 Å². The van der Waals surface area contributed by atoms with Gasteiger partial charge >= 0.3 is 16.4 Å². The molecule has 0 amide bonds. The van der Waals surface area contributed by atoms with Crippen molar-refractivity contribution in [3.05, 3.63) is 48.6 Å². The Morgan fingerprint density at radius 2 is 1.17 bits per heavy atom. The highest BCUT2D eigenvalue weighted by atomic mass is 32.3. The van der Waals surface area contributed by atoms with Crippen molar-refractivity contribution in [3.63, 3.8) is 0 Å². The van der Waals surface area contributed by atoms with Crippen LogP contribution in [-0.2, 0) is 38.3 Å². The molecule has 1 saturated heterocycles. The van der Waals surface area contributed by atoms with E-state index in [4.69, 9.17) is 23.5 Å². The number of esters is 1. The maximum atomic E-state index is 12.8. The first-order valence-corrected chi connectivity index (χ1v) is 24.3. The Balaban J connectivity index is 2.44. The van der Waals surface area contributed by atoms with Crippen LogP contribution in [0.25, 0.3) is 0 Å². The highest BCUT2D eigenvalue weighted by Crippen LogP contribution is 2.26. The number of unbranched alkanes of at least 4 members (excludes halogenated alkanes) is 18. The molecule has 6 atom stereocenters. The number of aliphatic hydroxyl groups excluding tert-OH is 3. The van der Waals surface area contributed by atoms with Crippen molar-refractivity contribution in [3.8, 4) is 0 Å². The van der Waals surface area contributed by atoms with E-state index in [0.29, 0.717) is 13.0 Å². The zero-order chi connectivity index (χ0) is 43.2. The first kappa shape index (κ1) is 55.1. The van der Waals surface area contributed by atoms with Crippen LogP contribution >= 0.6 is 0 Å². The lowest BCUT2D eigenvalue weighted by molar-refractivity contribution is -0.301. The van der Waals surface area contributed by atoms with Crippen LogP contribution in [0.3, 0.4) is 0 Å². The topological polar surface area (TPSA) is 178 Å². The molecule has 0 spiro atoms. The number of carbonyl (C=O) groups excluding carboxylic acids is 1. The minimum absolute atomic E-state index is 0.0228. The van der Waals surface area contributed by atoms with Crippen LogP contribution in [0, 0.1) is 0 Å². The summed E-state index contributed by atoms with van der Waals surface area (Å²) >= 11 is 0. The molecule has 13 heteroatoms. The highest BCUT2D eigenvalue weighted by Gasteiger charge is 2.48. The van der Waals surface area contributed by atoms with E-state index in [2.05, 4.69) is 66.6 Å². The van der Waals surface area contributed by atoms with Crippen LogP contribution in [0.2, 0.25) is 0 Å². The second-order valence-electron chi connectivity index (χ2n) is 15.6. The molecule has 0 aliphatic carbocycles. The van der Waals surface area contributed by atoms with Crippen LogP contribution < -0.4 is 0 Å². The number of carbonyl (C=O) groups is 1. The third-order valence-electron chi connectivity index (χ3n) is 10.2. The number of hydrogen-bond acceptors (Lipinski definition) is 11. The summed E-state index contributed by atoms with van der Waals surface area (Å²) in [6.45, 7) is 3.83. The molecule has 0 radical (unpaired) electrons. The maximum Gasteiger partial charge on any atom is 0.397 e. The van der Waals surface area contributed by atoms with Crippen LogP contribution in [0.4, 0.5) is 0 Å². The van der Waals surface area contributed by atoms with Gasteiger partial charge in [-0.25, -0.2) is 4.18 Å². The Morgan fingerprint density at radius 3 is 1.73 bits per heavy atom. The second kappa shape index (κ2) is 37.8. The fraction of sp³-hybridized carbons (Fsp3) is 0.804. The molecule has 1 heterocycles. The Hall–Kier alpha value is -1.94. The standard InChI is InChI=1S/C46H82O12S/c1-3-5-7-9-11-13-15-17-19-21-23-25-27-29-31-33-35-42(48)56-40(39-55-46-44(50)45(58-59(51,52)53)43(49)41(37-47)57-46)38-54-36-34-32-30-28-26-24-22-20-18-16-14-12-10-8-6-4-2/h6,8,12,14,18-21,40-41,43-47,49-50H,3-5,7,9-11,13,15-17,22-39H2,1-2H3,(H,51,52,53)/b8-6-,14-12-,20-18-,21-19-. The minimum atomic E-state index is -5.07. The summed E-state index contributed by atoms with van der Waals surface area (Å²) in [6, 6.07) is 0. The summed E-state index contributed by atoms with van der Waals surface area (Å²) in [6.07, 6.45) is 35.7. The van der Waals surface area contributed by atoms with Crippen molar-refractivity contribution < 1.29 is 56.2 Å². The predicted octanol–water partition coefficient (Wildman–Crippen LogP) is 9.58. The molecule has 0 bridgehead atoms. The van der Waals surface area contributed by atoms with Gasteiger partial charge in [-0.2, -0.15) is 8.42 Å². The van der Waals surface area contributed by atoms with Crippen LogP contribution in [-0.4, -0.2) is 97.5 Å². The van der Waals surface area contributed by atoms with Crippen LogP contribution in [0.5, 0.6) is 0 Å². The zero-order valence-electron chi connectivity index (χ0n) is 36.6. The Bertz CT molecular complexity index is 1220. The molecule has 0 aromatic heterocycles. The molecule has 6 unspecified atom stereocenters. The molecular formula is C46H82O12S. The summed E-state index contributed by atoms with van der Waals surface area (Å²) in [7, 11) is -5.07. The average molecular weight is 859 g/mol. The molecule has 1 aliphatic heterocycles. The van der Waals surface area contributed by atoms with Gasteiger partial charge in [-0.1, -0.05) is 146 Å². The molecule has 59 heavy (non-hydrogen) atoms. The van der Waals surface area contributed by atoms with Crippen molar-refractivity contribution >= 4 is 16.4 Å². The number of aliphatic hydroxyl groups is 3. The lowest BCUT2D eigenvalue weighted by Crippen LogP contribution is -2.60. The van der Waals surface area contributed by atoms with E-state index >= 15 is 0 Å². The average Bonchev–Trinajstić information content (AvgIpc) is 3.20. The van der Waals surface area contributed by atoms with Gasteiger partial charge in [0, 0.05) is 13.0 Å². The first-order chi connectivity index (χ1) is 28.6. The largest absolute Gasteiger partial charge is 0.457 e. The molecule has 4 N–H and O–H groups in total. The molecule has 0 aromatic rings. The zero-order valence-corrected chi connectivity index (χ0v) is 37.4. The third kappa shape index (κ3) is 31.6. The predicted molar refractivity (Wildman–Crippen MR) is 234 cm³/mol. The molecule has 0 saturated carbocycles. The Labute approximate surface area is 357 Å². The fourth-order valence-electron chi connectivity index (χ4n) is 6.74.